The summed E-state index contributed by atoms with van der Waals surface area (Å²) < 4.78 is 89.2. The third-order valence-corrected chi connectivity index (χ3v) is 4.77. The molecule has 1 aliphatic heterocycles. The maximum Gasteiger partial charge on any atom is 0.416 e. The number of rotatable bonds is 5. The standard InChI is InChI=1S/C21H19F6NO3/c1-13(15-9-16(20(22,23)24)11-17(10-15)21(25,26)27)31-19-18(29)28(7-8-30-19)12-14-5-3-2-4-6-14/h2-6,9-11,13,19H,7-8,12H2,1H3/t13?,19-/m1/s1. The van der Waals surface area contributed by atoms with Gasteiger partial charge in [0, 0.05) is 13.1 Å². The number of hydrogen-bond acceptors (Lipinski definition) is 3. The summed E-state index contributed by atoms with van der Waals surface area (Å²) in [5, 5.41) is 0. The second-order valence-electron chi connectivity index (χ2n) is 7.07. The van der Waals surface area contributed by atoms with Crippen molar-refractivity contribution in [1.29, 1.82) is 0 Å². The van der Waals surface area contributed by atoms with Crippen LogP contribution in [0.1, 0.15) is 35.3 Å². The molecule has 0 bridgehead atoms. The van der Waals surface area contributed by atoms with E-state index in [9.17, 15) is 31.1 Å². The Kier molecular flexibility index (Phi) is 6.61. The first kappa shape index (κ1) is 23.1. The summed E-state index contributed by atoms with van der Waals surface area (Å²) in [5.74, 6) is -0.551. The van der Waals surface area contributed by atoms with Gasteiger partial charge in [0.2, 0.25) is 6.29 Å². The maximum absolute atomic E-state index is 13.1. The molecule has 0 N–H and O–H groups in total. The van der Waals surface area contributed by atoms with E-state index < -0.39 is 41.8 Å². The van der Waals surface area contributed by atoms with E-state index >= 15 is 0 Å². The van der Waals surface area contributed by atoms with Crippen LogP contribution in [-0.4, -0.2) is 30.2 Å². The Bertz CT molecular complexity index is 881. The van der Waals surface area contributed by atoms with Crippen molar-refractivity contribution < 1.29 is 40.6 Å². The molecular formula is C21H19F6NO3. The zero-order valence-electron chi connectivity index (χ0n) is 16.3. The van der Waals surface area contributed by atoms with Gasteiger partial charge in [-0.2, -0.15) is 26.3 Å². The Balaban J connectivity index is 1.78. The van der Waals surface area contributed by atoms with Gasteiger partial charge in [-0.3, -0.25) is 4.79 Å². The fourth-order valence-electron chi connectivity index (χ4n) is 3.14. The van der Waals surface area contributed by atoms with Gasteiger partial charge in [-0.1, -0.05) is 30.3 Å². The number of benzene rings is 2. The van der Waals surface area contributed by atoms with Gasteiger partial charge in [0.1, 0.15) is 0 Å². The molecule has 2 aromatic rings. The van der Waals surface area contributed by atoms with Crippen LogP contribution in [-0.2, 0) is 33.2 Å². The minimum Gasteiger partial charge on any atom is -0.343 e. The molecule has 1 saturated heterocycles. The molecule has 1 amide bonds. The van der Waals surface area contributed by atoms with Crippen molar-refractivity contribution in [2.24, 2.45) is 0 Å². The number of alkyl halides is 6. The number of hydrogen-bond donors (Lipinski definition) is 0. The molecule has 1 unspecified atom stereocenters. The lowest BCUT2D eigenvalue weighted by Gasteiger charge is -2.33. The third-order valence-electron chi connectivity index (χ3n) is 4.77. The highest BCUT2D eigenvalue weighted by molar-refractivity contribution is 5.80. The summed E-state index contributed by atoms with van der Waals surface area (Å²) >= 11 is 0. The van der Waals surface area contributed by atoms with Gasteiger partial charge in [-0.15, -0.1) is 0 Å². The second-order valence-corrected chi connectivity index (χ2v) is 7.07. The van der Waals surface area contributed by atoms with Gasteiger partial charge < -0.3 is 14.4 Å². The van der Waals surface area contributed by atoms with E-state index in [0.29, 0.717) is 12.1 Å². The molecule has 0 aliphatic carbocycles. The molecule has 1 aliphatic rings. The molecule has 2 atom stereocenters. The number of nitrogens with zero attached hydrogens (tertiary/aromatic N) is 1. The lowest BCUT2D eigenvalue weighted by molar-refractivity contribution is -0.209. The molecule has 0 aromatic heterocycles. The van der Waals surface area contributed by atoms with E-state index in [-0.39, 0.29) is 31.3 Å². The first-order valence-electron chi connectivity index (χ1n) is 9.34. The number of ether oxygens (including phenoxy) is 2. The van der Waals surface area contributed by atoms with Gasteiger partial charge in [-0.05, 0) is 36.2 Å². The molecule has 1 fully saturated rings. The predicted molar refractivity (Wildman–Crippen MR) is 97.5 cm³/mol. The van der Waals surface area contributed by atoms with Gasteiger partial charge in [0.15, 0.2) is 0 Å². The van der Waals surface area contributed by atoms with Crippen LogP contribution < -0.4 is 0 Å². The molecule has 0 spiro atoms. The van der Waals surface area contributed by atoms with E-state index in [0.717, 1.165) is 5.56 Å². The highest BCUT2D eigenvalue weighted by Gasteiger charge is 2.38. The van der Waals surface area contributed by atoms with E-state index in [1.807, 2.05) is 30.3 Å². The SMILES string of the molecule is CC(O[C@H]1OCCN(Cc2ccccc2)C1=O)c1cc(C(F)(F)F)cc(C(F)(F)F)c1. The summed E-state index contributed by atoms with van der Waals surface area (Å²) in [6.45, 7) is 1.94. The molecule has 4 nitrogen and oxygen atoms in total. The first-order valence-corrected chi connectivity index (χ1v) is 9.34. The molecular weight excluding hydrogens is 428 g/mol. The van der Waals surface area contributed by atoms with Crippen LogP contribution in [0.5, 0.6) is 0 Å². The minimum absolute atomic E-state index is 0.0417. The van der Waals surface area contributed by atoms with Crippen molar-refractivity contribution in [3.63, 3.8) is 0 Å². The fraction of sp³-hybridized carbons (Fsp3) is 0.381. The van der Waals surface area contributed by atoms with Gasteiger partial charge >= 0.3 is 12.4 Å². The number of carbonyl (C=O) groups excluding carboxylic acids is 1. The van der Waals surface area contributed by atoms with E-state index in [4.69, 9.17) is 9.47 Å². The molecule has 168 valence electrons. The van der Waals surface area contributed by atoms with E-state index in [2.05, 4.69) is 0 Å². The molecule has 2 aromatic carbocycles. The largest absolute Gasteiger partial charge is 0.416 e. The number of morpholine rings is 1. The maximum atomic E-state index is 13.1. The summed E-state index contributed by atoms with van der Waals surface area (Å²) in [6.07, 6.45) is -12.6. The Morgan fingerprint density at radius 1 is 1.03 bits per heavy atom. The number of amides is 1. The van der Waals surface area contributed by atoms with Crippen molar-refractivity contribution in [2.75, 3.05) is 13.2 Å². The highest BCUT2D eigenvalue weighted by atomic mass is 19.4. The van der Waals surface area contributed by atoms with E-state index in [1.165, 1.54) is 11.8 Å². The number of carbonyl (C=O) groups is 1. The Morgan fingerprint density at radius 3 is 2.16 bits per heavy atom. The van der Waals surface area contributed by atoms with Gasteiger partial charge in [0.25, 0.3) is 5.91 Å². The topological polar surface area (TPSA) is 38.8 Å². The predicted octanol–water partition coefficient (Wildman–Crippen LogP) is 5.19. The second kappa shape index (κ2) is 8.88. The third kappa shape index (κ3) is 5.76. The Morgan fingerprint density at radius 2 is 1.61 bits per heavy atom. The van der Waals surface area contributed by atoms with Gasteiger partial charge in [0.05, 0.1) is 23.8 Å². The molecule has 31 heavy (non-hydrogen) atoms. The molecule has 3 rings (SSSR count). The van der Waals surface area contributed by atoms with Crippen LogP contribution >= 0.6 is 0 Å². The quantitative estimate of drug-likeness (QED) is 0.593. The monoisotopic (exact) mass is 447 g/mol. The summed E-state index contributed by atoms with van der Waals surface area (Å²) in [6, 6.07) is 10.3. The zero-order valence-corrected chi connectivity index (χ0v) is 16.3. The van der Waals surface area contributed by atoms with Crippen molar-refractivity contribution in [2.45, 2.75) is 38.2 Å². The Hall–Kier alpha value is -2.59. The van der Waals surface area contributed by atoms with E-state index in [1.54, 1.807) is 0 Å². The van der Waals surface area contributed by atoms with Crippen molar-refractivity contribution in [3.8, 4) is 0 Å². The van der Waals surface area contributed by atoms with Crippen LogP contribution in [0.25, 0.3) is 0 Å². The Labute approximate surface area is 174 Å². The molecule has 10 heteroatoms. The lowest BCUT2D eigenvalue weighted by atomic mass is 10.0. The average Bonchev–Trinajstić information content (AvgIpc) is 2.70. The zero-order chi connectivity index (χ0) is 22.8. The lowest BCUT2D eigenvalue weighted by Crippen LogP contribution is -2.48. The summed E-state index contributed by atoms with van der Waals surface area (Å²) in [7, 11) is 0. The number of halogens is 6. The highest BCUT2D eigenvalue weighted by Crippen LogP contribution is 2.38. The van der Waals surface area contributed by atoms with Crippen LogP contribution in [0.15, 0.2) is 48.5 Å². The van der Waals surface area contributed by atoms with Crippen LogP contribution in [0.2, 0.25) is 0 Å². The van der Waals surface area contributed by atoms with Crippen molar-refractivity contribution in [1.82, 2.24) is 4.90 Å². The summed E-state index contributed by atoms with van der Waals surface area (Å²) in [5.41, 5.74) is -2.40. The normalized spacial score (nSPS) is 18.9. The molecule has 1 heterocycles. The van der Waals surface area contributed by atoms with Gasteiger partial charge in [-0.25, -0.2) is 0 Å². The van der Waals surface area contributed by atoms with Crippen LogP contribution in [0.4, 0.5) is 26.3 Å². The summed E-state index contributed by atoms with van der Waals surface area (Å²) in [4.78, 5) is 14.1. The van der Waals surface area contributed by atoms with Crippen LogP contribution in [0.3, 0.4) is 0 Å². The smallest absolute Gasteiger partial charge is 0.343 e. The van der Waals surface area contributed by atoms with Crippen molar-refractivity contribution in [3.05, 3.63) is 70.8 Å². The molecule has 0 radical (unpaired) electrons. The van der Waals surface area contributed by atoms with Crippen molar-refractivity contribution >= 4 is 5.91 Å². The van der Waals surface area contributed by atoms with Crippen LogP contribution in [0, 0.1) is 0 Å². The average molecular weight is 447 g/mol. The first-order chi connectivity index (χ1) is 14.4. The molecule has 0 saturated carbocycles. The fourth-order valence-corrected chi connectivity index (χ4v) is 3.14. The minimum atomic E-state index is -4.97.